The van der Waals surface area contributed by atoms with Gasteiger partial charge in [0.15, 0.2) is 11.7 Å². The normalized spacial score (nSPS) is 10.0. The highest BCUT2D eigenvalue weighted by Gasteiger charge is 2.12. The lowest BCUT2D eigenvalue weighted by Crippen LogP contribution is -2.19. The number of halogens is 1. The van der Waals surface area contributed by atoms with Crippen LogP contribution in [0.25, 0.3) is 0 Å². The van der Waals surface area contributed by atoms with E-state index in [9.17, 15) is 9.59 Å². The molecule has 8 heteroatoms. The predicted molar refractivity (Wildman–Crippen MR) is 81.7 cm³/mol. The molecule has 0 aliphatic carbocycles. The maximum absolute atomic E-state index is 11.7. The number of nitrogens with one attached hydrogen (secondary N) is 1. The first-order valence-electron chi connectivity index (χ1n) is 5.81. The Labute approximate surface area is 133 Å². The summed E-state index contributed by atoms with van der Waals surface area (Å²) in [7, 11) is 1.28. The van der Waals surface area contributed by atoms with Crippen LogP contribution in [0, 0.1) is 0 Å². The van der Waals surface area contributed by atoms with E-state index in [1.807, 2.05) is 6.07 Å². The summed E-state index contributed by atoms with van der Waals surface area (Å²) in [6.45, 7) is -0.149. The molecular weight excluding hydrogens is 360 g/mol. The number of anilines is 1. The lowest BCUT2D eigenvalue weighted by Gasteiger charge is -2.05. The molecule has 110 valence electrons. The molecule has 1 aromatic carbocycles. The Hall–Kier alpha value is -1.93. The van der Waals surface area contributed by atoms with Gasteiger partial charge in [0.1, 0.15) is 10.6 Å². The van der Waals surface area contributed by atoms with Crippen LogP contribution in [0.3, 0.4) is 0 Å². The van der Waals surface area contributed by atoms with E-state index < -0.39 is 5.97 Å². The lowest BCUT2D eigenvalue weighted by molar-refractivity contribution is -0.118. The molecule has 1 amide bonds. The van der Waals surface area contributed by atoms with Gasteiger partial charge in [0, 0.05) is 4.47 Å². The van der Waals surface area contributed by atoms with Gasteiger partial charge in [-0.05, 0) is 18.2 Å². The van der Waals surface area contributed by atoms with Crippen molar-refractivity contribution in [3.63, 3.8) is 0 Å². The van der Waals surface area contributed by atoms with Crippen molar-refractivity contribution in [2.24, 2.45) is 0 Å². The lowest BCUT2D eigenvalue weighted by atomic mass is 10.3. The number of hydrogen-bond acceptors (Lipinski definition) is 6. The first-order chi connectivity index (χ1) is 10.1. The number of carbonyl (C=O) groups excluding carboxylic acids is 2. The number of benzene rings is 1. The maximum atomic E-state index is 11.7. The van der Waals surface area contributed by atoms with Crippen LogP contribution >= 0.6 is 27.3 Å². The van der Waals surface area contributed by atoms with E-state index in [0.29, 0.717) is 15.8 Å². The van der Waals surface area contributed by atoms with Gasteiger partial charge in [-0.2, -0.15) is 0 Å². The van der Waals surface area contributed by atoms with Gasteiger partial charge in [-0.1, -0.05) is 33.3 Å². The fourth-order valence-corrected chi connectivity index (χ4v) is 2.52. The quantitative estimate of drug-likeness (QED) is 0.818. The third-order valence-corrected chi connectivity index (χ3v) is 3.69. The standard InChI is InChI=1S/C13H11BrN2O4S/c1-19-12(18)10-6-15-13(21-10)16-11(17)7-20-9-4-2-3-8(14)5-9/h2-6H,7H2,1H3,(H,15,16,17). The Balaban J connectivity index is 1.87. The number of aromatic nitrogens is 1. The summed E-state index contributed by atoms with van der Waals surface area (Å²) in [5.74, 6) is -0.270. The number of carbonyl (C=O) groups is 2. The molecule has 0 saturated carbocycles. The van der Waals surface area contributed by atoms with Gasteiger partial charge in [0.2, 0.25) is 0 Å². The zero-order chi connectivity index (χ0) is 15.2. The van der Waals surface area contributed by atoms with Crippen LogP contribution < -0.4 is 10.1 Å². The van der Waals surface area contributed by atoms with E-state index in [4.69, 9.17) is 4.74 Å². The second-order valence-corrected chi connectivity index (χ2v) is 5.76. The van der Waals surface area contributed by atoms with Crippen molar-refractivity contribution in [1.82, 2.24) is 4.98 Å². The van der Waals surface area contributed by atoms with Crippen molar-refractivity contribution in [3.8, 4) is 5.75 Å². The molecule has 6 nitrogen and oxygen atoms in total. The summed E-state index contributed by atoms with van der Waals surface area (Å²) in [6.07, 6.45) is 1.35. The minimum absolute atomic E-state index is 0.149. The maximum Gasteiger partial charge on any atom is 0.349 e. The zero-order valence-corrected chi connectivity index (χ0v) is 13.4. The number of ether oxygens (including phenoxy) is 2. The van der Waals surface area contributed by atoms with Gasteiger partial charge in [-0.15, -0.1) is 0 Å². The molecule has 0 fully saturated rings. The molecule has 0 spiro atoms. The summed E-state index contributed by atoms with van der Waals surface area (Å²) in [6, 6.07) is 7.17. The molecular formula is C13H11BrN2O4S. The molecule has 0 aliphatic heterocycles. The number of amides is 1. The highest BCUT2D eigenvalue weighted by Crippen LogP contribution is 2.19. The second kappa shape index (κ2) is 7.19. The van der Waals surface area contributed by atoms with Crippen LogP contribution in [0.1, 0.15) is 9.67 Å². The van der Waals surface area contributed by atoms with Gasteiger partial charge >= 0.3 is 5.97 Å². The summed E-state index contributed by atoms with van der Waals surface area (Å²) in [4.78, 5) is 27.2. The van der Waals surface area contributed by atoms with Crippen molar-refractivity contribution >= 4 is 44.3 Å². The fourth-order valence-electron chi connectivity index (χ4n) is 1.39. The molecule has 21 heavy (non-hydrogen) atoms. The number of rotatable bonds is 5. The van der Waals surface area contributed by atoms with Crippen LogP contribution in [0.2, 0.25) is 0 Å². The molecule has 0 unspecified atom stereocenters. The zero-order valence-electron chi connectivity index (χ0n) is 11.0. The SMILES string of the molecule is COC(=O)c1cnc(NC(=O)COc2cccc(Br)c2)s1. The Bertz CT molecular complexity index is 659. The molecule has 1 N–H and O–H groups in total. The Morgan fingerprint density at radius 2 is 2.24 bits per heavy atom. The highest BCUT2D eigenvalue weighted by atomic mass is 79.9. The summed E-state index contributed by atoms with van der Waals surface area (Å²) in [5, 5.41) is 2.87. The molecule has 0 atom stereocenters. The van der Waals surface area contributed by atoms with Crippen molar-refractivity contribution in [2.75, 3.05) is 19.0 Å². The van der Waals surface area contributed by atoms with Crippen LogP contribution in [-0.4, -0.2) is 30.6 Å². The summed E-state index contributed by atoms with van der Waals surface area (Å²) < 4.78 is 10.8. The van der Waals surface area contributed by atoms with E-state index >= 15 is 0 Å². The first kappa shape index (κ1) is 15.5. The Kier molecular flexibility index (Phi) is 5.29. The van der Waals surface area contributed by atoms with Crippen LogP contribution in [0.4, 0.5) is 5.13 Å². The minimum Gasteiger partial charge on any atom is -0.484 e. The predicted octanol–water partition coefficient (Wildman–Crippen LogP) is 2.71. The van der Waals surface area contributed by atoms with Gasteiger partial charge in [-0.25, -0.2) is 9.78 Å². The third kappa shape index (κ3) is 4.54. The number of thiazole rings is 1. The molecule has 1 heterocycles. The first-order valence-corrected chi connectivity index (χ1v) is 7.42. The summed E-state index contributed by atoms with van der Waals surface area (Å²) in [5.41, 5.74) is 0. The largest absolute Gasteiger partial charge is 0.484 e. The number of esters is 1. The van der Waals surface area contributed by atoms with E-state index in [2.05, 4.69) is 31.0 Å². The molecule has 2 rings (SSSR count). The average molecular weight is 371 g/mol. The number of methoxy groups -OCH3 is 1. The molecule has 0 radical (unpaired) electrons. The van der Waals surface area contributed by atoms with Crippen molar-refractivity contribution in [2.45, 2.75) is 0 Å². The van der Waals surface area contributed by atoms with Gasteiger partial charge in [0.05, 0.1) is 13.3 Å². The topological polar surface area (TPSA) is 77.5 Å². The summed E-state index contributed by atoms with van der Waals surface area (Å²) >= 11 is 4.35. The van der Waals surface area contributed by atoms with Crippen LogP contribution in [0.15, 0.2) is 34.9 Å². The molecule has 1 aromatic heterocycles. The molecule has 0 aliphatic rings. The molecule has 2 aromatic rings. The monoisotopic (exact) mass is 370 g/mol. The molecule has 0 bridgehead atoms. The van der Waals surface area contributed by atoms with Crippen molar-refractivity contribution < 1.29 is 19.1 Å². The van der Waals surface area contributed by atoms with E-state index in [1.54, 1.807) is 18.2 Å². The van der Waals surface area contributed by atoms with Crippen molar-refractivity contribution in [3.05, 3.63) is 39.8 Å². The highest BCUT2D eigenvalue weighted by molar-refractivity contribution is 9.10. The van der Waals surface area contributed by atoms with Crippen LogP contribution in [0.5, 0.6) is 5.75 Å². The van der Waals surface area contributed by atoms with E-state index in [-0.39, 0.29) is 12.5 Å². The van der Waals surface area contributed by atoms with Gasteiger partial charge < -0.3 is 9.47 Å². The number of hydrogen-bond donors (Lipinski definition) is 1. The fraction of sp³-hybridized carbons (Fsp3) is 0.154. The van der Waals surface area contributed by atoms with Gasteiger partial charge in [-0.3, -0.25) is 10.1 Å². The van der Waals surface area contributed by atoms with Crippen LogP contribution in [-0.2, 0) is 9.53 Å². The Morgan fingerprint density at radius 1 is 1.43 bits per heavy atom. The third-order valence-electron chi connectivity index (χ3n) is 2.30. The van der Waals surface area contributed by atoms with E-state index in [0.717, 1.165) is 15.8 Å². The number of nitrogens with zero attached hydrogens (tertiary/aromatic N) is 1. The van der Waals surface area contributed by atoms with Gasteiger partial charge in [0.25, 0.3) is 5.91 Å². The second-order valence-electron chi connectivity index (χ2n) is 3.82. The molecule has 0 saturated heterocycles. The smallest absolute Gasteiger partial charge is 0.349 e. The van der Waals surface area contributed by atoms with Crippen molar-refractivity contribution in [1.29, 1.82) is 0 Å². The van der Waals surface area contributed by atoms with E-state index in [1.165, 1.54) is 13.3 Å². The minimum atomic E-state index is -0.488. The Morgan fingerprint density at radius 3 is 2.95 bits per heavy atom. The average Bonchev–Trinajstić information content (AvgIpc) is 2.93.